The summed E-state index contributed by atoms with van der Waals surface area (Å²) in [4.78, 5) is 39.1. The Labute approximate surface area is 306 Å². The number of hydrogen-bond donors (Lipinski definition) is 5. The zero-order chi connectivity index (χ0) is 38.5. The van der Waals surface area contributed by atoms with Crippen LogP contribution in [0.4, 0.5) is 0 Å². The fourth-order valence-corrected chi connectivity index (χ4v) is 4.64. The number of amides is 1. The first-order chi connectivity index (χ1) is 24.8. The van der Waals surface area contributed by atoms with Gasteiger partial charge in [0.2, 0.25) is 6.41 Å². The summed E-state index contributed by atoms with van der Waals surface area (Å²) in [6.45, 7) is 14.8. The number of carboxylic acid groups (broad SMARTS) is 1. The maximum Gasteiger partial charge on any atom is 0.290 e. The first-order valence-electron chi connectivity index (χ1n) is 17.2. The minimum absolute atomic E-state index is 0.250. The summed E-state index contributed by atoms with van der Waals surface area (Å²) in [5.41, 5.74) is 14.3. The third-order valence-corrected chi connectivity index (χ3v) is 7.28. The monoisotopic (exact) mass is 706 g/mol. The Kier molecular flexibility index (Phi) is 33.6. The van der Waals surface area contributed by atoms with Crippen LogP contribution < -0.4 is 21.8 Å². The van der Waals surface area contributed by atoms with E-state index in [0.717, 1.165) is 51.9 Å². The maximum atomic E-state index is 10.4. The number of likely N-dealkylation sites (N-methyl/N-ethyl adjacent to an activating group) is 1. The van der Waals surface area contributed by atoms with Crippen LogP contribution in [-0.2, 0) is 32.1 Å². The van der Waals surface area contributed by atoms with Crippen molar-refractivity contribution in [3.63, 3.8) is 0 Å². The molecule has 0 saturated heterocycles. The molecule has 0 aliphatic rings. The molecule has 1 atom stereocenters. The number of benzene rings is 3. The highest BCUT2D eigenvalue weighted by molar-refractivity contribution is 5.49. The normalized spacial score (nSPS) is 10.4. The third kappa shape index (κ3) is 27.0. The van der Waals surface area contributed by atoms with Gasteiger partial charge in [0.05, 0.1) is 6.17 Å². The van der Waals surface area contributed by atoms with Gasteiger partial charge in [0, 0.05) is 45.6 Å². The van der Waals surface area contributed by atoms with Gasteiger partial charge in [-0.2, -0.15) is 0 Å². The van der Waals surface area contributed by atoms with Crippen molar-refractivity contribution in [3.8, 4) is 0 Å². The number of rotatable bonds is 20. The summed E-state index contributed by atoms with van der Waals surface area (Å²) < 4.78 is 0. The molecule has 0 fully saturated rings. The number of hydrazine groups is 1. The van der Waals surface area contributed by atoms with Crippen LogP contribution >= 0.6 is 0 Å². The second-order valence-electron chi connectivity index (χ2n) is 11.3. The molecule has 282 valence electrons. The van der Waals surface area contributed by atoms with E-state index in [4.69, 9.17) is 20.4 Å². The first-order valence-corrected chi connectivity index (χ1v) is 17.2. The van der Waals surface area contributed by atoms with Crippen LogP contribution in [0, 0.1) is 0 Å². The zero-order valence-electron chi connectivity index (χ0n) is 31.1. The molecule has 0 aliphatic heterocycles. The summed E-state index contributed by atoms with van der Waals surface area (Å²) in [7, 11) is 3.98. The van der Waals surface area contributed by atoms with Crippen molar-refractivity contribution in [1.29, 1.82) is 0 Å². The predicted molar refractivity (Wildman–Crippen MR) is 209 cm³/mol. The van der Waals surface area contributed by atoms with Gasteiger partial charge in [-0.1, -0.05) is 105 Å². The molecule has 1 amide bonds. The molecule has 3 aromatic carbocycles. The lowest BCUT2D eigenvalue weighted by Crippen LogP contribution is -2.45. The summed E-state index contributed by atoms with van der Waals surface area (Å²) in [5.74, 6) is 0.357. The molecular weight excluding hydrogens is 644 g/mol. The molecule has 0 aromatic heterocycles. The Morgan fingerprint density at radius 1 is 0.843 bits per heavy atom. The number of carbonyl (C=O) groups is 4. The smallest absolute Gasteiger partial charge is 0.290 e. The molecule has 0 radical (unpaired) electrons. The van der Waals surface area contributed by atoms with Gasteiger partial charge >= 0.3 is 0 Å². The topological polar surface area (TPSA) is 157 Å². The quantitative estimate of drug-likeness (QED) is 0.0369. The minimum Gasteiger partial charge on any atom is -0.483 e. The Balaban J connectivity index is 0. The van der Waals surface area contributed by atoms with Gasteiger partial charge < -0.3 is 36.0 Å². The maximum absolute atomic E-state index is 10.4. The molecule has 0 heterocycles. The van der Waals surface area contributed by atoms with E-state index < -0.39 is 0 Å². The SMILES string of the molecule is C=CCNCCC.C=O.CCc1ccc(CNN(C)CCC=O)cc1.CN(CCC(c1ccccc1)c1ccccc1)CC(N)NC=O.O=CO. The van der Waals surface area contributed by atoms with Crippen molar-refractivity contribution in [2.45, 2.75) is 58.2 Å². The van der Waals surface area contributed by atoms with E-state index in [9.17, 15) is 9.59 Å². The van der Waals surface area contributed by atoms with E-state index in [2.05, 4.69) is 114 Å². The number of nitrogens with one attached hydrogen (secondary N) is 3. The predicted octanol–water partition coefficient (Wildman–Crippen LogP) is 4.63. The highest BCUT2D eigenvalue weighted by Crippen LogP contribution is 2.27. The standard InChI is InChI=1S/C19H25N3O.C13H20N2O.C6H13N.CH2O2.CH2O/c1-22(14-19(20)21-15-23)13-12-18(16-8-4-2-5-9-16)17-10-6-3-7-11-17;1-3-12-5-7-13(8-6-12)11-14-15(2)9-4-10-16;1-3-5-7-6-4-2;2-1-3;1-2/h2-11,15,18-19H,12-14,20H2,1H3,(H,21,23);5-8,10,14H,3-4,9,11H2,1-2H3;3,7H,1,4-6H2,2H3;1H,(H,2,3);1H2. The molecule has 0 spiro atoms. The summed E-state index contributed by atoms with van der Waals surface area (Å²) in [6.07, 6.45) is 6.97. The van der Waals surface area contributed by atoms with E-state index in [1.165, 1.54) is 28.7 Å². The number of nitrogens with zero attached hydrogens (tertiary/aromatic N) is 2. The van der Waals surface area contributed by atoms with Crippen molar-refractivity contribution >= 4 is 26.0 Å². The van der Waals surface area contributed by atoms with Crippen LogP contribution in [0.25, 0.3) is 0 Å². The zero-order valence-corrected chi connectivity index (χ0v) is 31.1. The lowest BCUT2D eigenvalue weighted by Gasteiger charge is -2.24. The van der Waals surface area contributed by atoms with Gasteiger partial charge in [0.1, 0.15) is 13.1 Å². The summed E-state index contributed by atoms with van der Waals surface area (Å²) in [6, 6.07) is 29.7. The van der Waals surface area contributed by atoms with Crippen molar-refractivity contribution in [2.24, 2.45) is 5.73 Å². The van der Waals surface area contributed by atoms with E-state index in [1.807, 2.05) is 44.1 Å². The van der Waals surface area contributed by atoms with Gasteiger partial charge in [0.25, 0.3) is 6.47 Å². The highest BCUT2D eigenvalue weighted by Gasteiger charge is 2.15. The highest BCUT2D eigenvalue weighted by atomic mass is 16.3. The van der Waals surface area contributed by atoms with Gasteiger partial charge in [0.15, 0.2) is 0 Å². The van der Waals surface area contributed by atoms with Crippen LogP contribution in [-0.4, -0.2) is 94.0 Å². The fraction of sp³-hybridized carbons (Fsp3) is 0.400. The molecule has 0 bridgehead atoms. The van der Waals surface area contributed by atoms with Crippen molar-refractivity contribution in [2.75, 3.05) is 46.8 Å². The molecule has 0 saturated carbocycles. The molecule has 11 nitrogen and oxygen atoms in total. The largest absolute Gasteiger partial charge is 0.483 e. The third-order valence-electron chi connectivity index (χ3n) is 7.28. The summed E-state index contributed by atoms with van der Waals surface area (Å²) in [5, 5.41) is 14.6. The van der Waals surface area contributed by atoms with Gasteiger partial charge in [-0.25, -0.2) is 5.01 Å². The van der Waals surface area contributed by atoms with Gasteiger partial charge in [-0.3, -0.25) is 15.0 Å². The van der Waals surface area contributed by atoms with Crippen LogP contribution in [0.3, 0.4) is 0 Å². The summed E-state index contributed by atoms with van der Waals surface area (Å²) >= 11 is 0. The van der Waals surface area contributed by atoms with Crippen molar-refractivity contribution in [1.82, 2.24) is 26.0 Å². The van der Waals surface area contributed by atoms with E-state index >= 15 is 0 Å². The molecule has 51 heavy (non-hydrogen) atoms. The molecular formula is C40H62N6O5. The van der Waals surface area contributed by atoms with Crippen LogP contribution in [0.15, 0.2) is 97.6 Å². The lowest BCUT2D eigenvalue weighted by molar-refractivity contribution is -0.123. The molecule has 0 aliphatic carbocycles. The molecule has 3 rings (SSSR count). The average molecular weight is 707 g/mol. The molecule has 6 N–H and O–H groups in total. The van der Waals surface area contributed by atoms with Gasteiger partial charge in [-0.05, 0) is 61.7 Å². The number of aldehydes is 1. The van der Waals surface area contributed by atoms with Crippen molar-refractivity contribution in [3.05, 3.63) is 120 Å². The Bertz CT molecular complexity index is 1200. The molecule has 1 unspecified atom stereocenters. The van der Waals surface area contributed by atoms with Crippen LogP contribution in [0.2, 0.25) is 0 Å². The molecule has 3 aromatic rings. The Morgan fingerprint density at radius 2 is 1.37 bits per heavy atom. The minimum atomic E-state index is -0.329. The van der Waals surface area contributed by atoms with Crippen LogP contribution in [0.1, 0.15) is 61.3 Å². The number of aryl methyl sites for hydroxylation is 1. The van der Waals surface area contributed by atoms with E-state index in [-0.39, 0.29) is 12.6 Å². The number of nitrogens with two attached hydrogens (primary N) is 1. The second kappa shape index (κ2) is 35.3. The fourth-order valence-electron chi connectivity index (χ4n) is 4.64. The lowest BCUT2D eigenvalue weighted by atomic mass is 9.88. The van der Waals surface area contributed by atoms with Crippen molar-refractivity contribution < 1.29 is 24.3 Å². The Hall–Kier alpha value is -4.52. The molecule has 11 heteroatoms. The first kappa shape index (κ1) is 48.6. The Morgan fingerprint density at radius 3 is 1.82 bits per heavy atom. The van der Waals surface area contributed by atoms with Gasteiger partial charge in [-0.15, -0.1) is 6.58 Å². The van der Waals surface area contributed by atoms with E-state index in [0.29, 0.717) is 25.3 Å². The van der Waals surface area contributed by atoms with E-state index in [1.54, 1.807) is 0 Å². The average Bonchev–Trinajstić information content (AvgIpc) is 3.16. The second-order valence-corrected chi connectivity index (χ2v) is 11.3. The van der Waals surface area contributed by atoms with Crippen LogP contribution in [0.5, 0.6) is 0 Å². The number of carbonyl (C=O) groups excluding carboxylic acids is 3. The number of hydrogen-bond acceptors (Lipinski definition) is 9.